The van der Waals surface area contributed by atoms with E-state index in [1.54, 1.807) is 27.9 Å². The topological polar surface area (TPSA) is 176 Å². The molecule has 2 heterocycles. The summed E-state index contributed by atoms with van der Waals surface area (Å²) in [5.41, 5.74) is 3.28. The van der Waals surface area contributed by atoms with Gasteiger partial charge in [0.25, 0.3) is 5.91 Å². The van der Waals surface area contributed by atoms with E-state index in [1.165, 1.54) is 6.20 Å². The molecule has 63 heavy (non-hydrogen) atoms. The van der Waals surface area contributed by atoms with Gasteiger partial charge in [-0.1, -0.05) is 123 Å². The number of nitrogens with one attached hydrogen (secondary N) is 2. The Morgan fingerprint density at radius 3 is 1.90 bits per heavy atom. The number of hydrogen-bond acceptors (Lipinski definition) is 11. The van der Waals surface area contributed by atoms with Gasteiger partial charge in [0.1, 0.15) is 31.4 Å². The number of ether oxygens (including phenoxy) is 3. The number of rotatable bonds is 22. The maximum Gasteiger partial charge on any atom is 0.309 e. The van der Waals surface area contributed by atoms with Gasteiger partial charge < -0.3 is 28.5 Å². The van der Waals surface area contributed by atoms with Crippen molar-refractivity contribution in [2.75, 3.05) is 0 Å². The summed E-state index contributed by atoms with van der Waals surface area (Å²) in [5, 5.41) is 18.0. The standard InChI is InChI=1S/C49H58N6O8/c56-44(38-21-11-4-12-22-38)43(45(57)46-51-25-26-54(46)33-61-30-36-17-7-2-8-18-36)52-41(28-40-29-50-32-55(40)34-62-31-37-19-9-3-10-20-37)47(58)53-48(59)42(27-35-15-5-1-6-16-35)63-49(60)39-23-13-14-24-39/h1-3,5-10,15-20,25-26,29,32,38-39,41-43,45,52,57H,4,11-14,21-24,27-28,30-31,33-34H2,(H,53,58,59)/t41-,42-,43+,45+/m0/s1. The van der Waals surface area contributed by atoms with Gasteiger partial charge in [-0.2, -0.15) is 0 Å². The maximum atomic E-state index is 14.6. The molecule has 2 aromatic heterocycles. The molecule has 3 N–H and O–H groups in total. The number of benzene rings is 3. The molecule has 0 radical (unpaired) electrons. The van der Waals surface area contributed by atoms with Crippen LogP contribution in [0, 0.1) is 11.8 Å². The van der Waals surface area contributed by atoms with Gasteiger partial charge in [0.05, 0.1) is 31.5 Å². The Kier molecular flexibility index (Phi) is 16.5. The van der Waals surface area contributed by atoms with Gasteiger partial charge in [0, 0.05) is 43.0 Å². The van der Waals surface area contributed by atoms with Crippen LogP contribution in [0.4, 0.5) is 0 Å². The number of ketones is 1. The molecule has 0 saturated heterocycles. The van der Waals surface area contributed by atoms with Crippen LogP contribution in [0.2, 0.25) is 0 Å². The average molecular weight is 859 g/mol. The zero-order valence-electron chi connectivity index (χ0n) is 35.6. The van der Waals surface area contributed by atoms with E-state index >= 15 is 0 Å². The van der Waals surface area contributed by atoms with E-state index in [0.29, 0.717) is 44.6 Å². The Bertz CT molecular complexity index is 2200. The number of imidazole rings is 2. The molecule has 3 aromatic carbocycles. The van der Waals surface area contributed by atoms with Gasteiger partial charge in [-0.25, -0.2) is 9.97 Å². The lowest BCUT2D eigenvalue weighted by Gasteiger charge is -2.32. The van der Waals surface area contributed by atoms with Crippen LogP contribution in [0.25, 0.3) is 0 Å². The molecule has 2 aliphatic rings. The van der Waals surface area contributed by atoms with Crippen molar-refractivity contribution in [2.45, 2.75) is 122 Å². The molecular formula is C49H58N6O8. The van der Waals surface area contributed by atoms with E-state index in [4.69, 9.17) is 14.2 Å². The summed E-state index contributed by atoms with van der Waals surface area (Å²) in [7, 11) is 0. The highest BCUT2D eigenvalue weighted by atomic mass is 16.5. The number of carbonyl (C=O) groups is 4. The first-order chi connectivity index (χ1) is 30.8. The summed E-state index contributed by atoms with van der Waals surface area (Å²) >= 11 is 0. The molecule has 7 rings (SSSR count). The van der Waals surface area contributed by atoms with E-state index in [2.05, 4.69) is 20.6 Å². The number of hydrogen-bond donors (Lipinski definition) is 3. The molecule has 2 saturated carbocycles. The first-order valence-corrected chi connectivity index (χ1v) is 22.1. The first-order valence-electron chi connectivity index (χ1n) is 22.1. The molecule has 0 spiro atoms. The Balaban J connectivity index is 1.15. The molecule has 2 amide bonds. The van der Waals surface area contributed by atoms with Crippen LogP contribution in [0.3, 0.4) is 0 Å². The second-order valence-electron chi connectivity index (χ2n) is 16.6. The summed E-state index contributed by atoms with van der Waals surface area (Å²) in [4.78, 5) is 65.6. The third-order valence-electron chi connectivity index (χ3n) is 12.0. The van der Waals surface area contributed by atoms with Gasteiger partial charge in [0.15, 0.2) is 11.9 Å². The fraction of sp³-hybridized carbons (Fsp3) is 0.429. The lowest BCUT2D eigenvalue weighted by molar-refractivity contribution is -0.160. The molecule has 0 unspecified atom stereocenters. The SMILES string of the molecule is O=C(O[C@@H](Cc1ccccc1)C(=O)NC(=O)[C@H](Cc1cncn1COCc1ccccc1)N[C@H](C(=O)C1CCCCC1)[C@@H](O)c1nccn1COCc1ccccc1)C1CCCC1. The summed E-state index contributed by atoms with van der Waals surface area (Å²) in [6.07, 6.45) is 10.8. The van der Waals surface area contributed by atoms with E-state index in [9.17, 15) is 24.3 Å². The van der Waals surface area contributed by atoms with Gasteiger partial charge in [-0.3, -0.25) is 29.8 Å². The number of amides is 2. The predicted octanol–water partition coefficient (Wildman–Crippen LogP) is 6.17. The number of nitrogens with zero attached hydrogens (tertiary/aromatic N) is 4. The van der Waals surface area contributed by atoms with Crippen LogP contribution in [-0.4, -0.2) is 66.0 Å². The van der Waals surface area contributed by atoms with Crippen LogP contribution >= 0.6 is 0 Å². The van der Waals surface area contributed by atoms with Gasteiger partial charge in [0.2, 0.25) is 5.91 Å². The minimum Gasteiger partial charge on any atom is -0.452 e. The first kappa shape index (κ1) is 45.2. The third-order valence-corrected chi connectivity index (χ3v) is 12.0. The zero-order valence-corrected chi connectivity index (χ0v) is 35.6. The molecule has 5 aromatic rings. The zero-order chi connectivity index (χ0) is 43.8. The number of carbonyl (C=O) groups excluding carboxylic acids is 4. The van der Waals surface area contributed by atoms with Crippen LogP contribution in [0.1, 0.15) is 92.1 Å². The lowest BCUT2D eigenvalue weighted by atomic mass is 9.82. The summed E-state index contributed by atoms with van der Waals surface area (Å²) in [6.45, 7) is 0.816. The molecule has 4 atom stereocenters. The number of esters is 1. The van der Waals surface area contributed by atoms with Gasteiger partial charge in [-0.15, -0.1) is 0 Å². The van der Waals surface area contributed by atoms with Crippen LogP contribution in [-0.2, 0) is 72.9 Å². The highest BCUT2D eigenvalue weighted by Gasteiger charge is 2.39. The van der Waals surface area contributed by atoms with Crippen LogP contribution < -0.4 is 10.6 Å². The van der Waals surface area contributed by atoms with Gasteiger partial charge in [-0.05, 0) is 42.4 Å². The van der Waals surface area contributed by atoms with E-state index in [-0.39, 0.29) is 49.7 Å². The van der Waals surface area contributed by atoms with Crippen molar-refractivity contribution < 1.29 is 38.5 Å². The predicted molar refractivity (Wildman–Crippen MR) is 233 cm³/mol. The summed E-state index contributed by atoms with van der Waals surface area (Å²) < 4.78 is 21.3. The van der Waals surface area contributed by atoms with Gasteiger partial charge >= 0.3 is 5.97 Å². The Morgan fingerprint density at radius 2 is 1.27 bits per heavy atom. The highest BCUT2D eigenvalue weighted by molar-refractivity contribution is 6.01. The highest BCUT2D eigenvalue weighted by Crippen LogP contribution is 2.30. The van der Waals surface area contributed by atoms with E-state index in [1.807, 2.05) is 91.0 Å². The number of aliphatic hydroxyl groups excluding tert-OH is 1. The normalized spacial score (nSPS) is 16.5. The Morgan fingerprint density at radius 1 is 0.698 bits per heavy atom. The maximum absolute atomic E-state index is 14.6. The monoisotopic (exact) mass is 858 g/mol. The lowest BCUT2D eigenvalue weighted by Crippen LogP contribution is -2.57. The Labute approximate surface area is 368 Å². The van der Waals surface area contributed by atoms with Crippen LogP contribution in [0.5, 0.6) is 0 Å². The molecule has 0 aliphatic heterocycles. The minimum absolute atomic E-state index is 0.0468. The second-order valence-corrected chi connectivity index (χ2v) is 16.6. The summed E-state index contributed by atoms with van der Waals surface area (Å²) in [5.74, 6) is -2.76. The third kappa shape index (κ3) is 12.9. The molecule has 14 nitrogen and oxygen atoms in total. The molecule has 0 bridgehead atoms. The molecule has 2 fully saturated rings. The number of Topliss-reactive ketones (excluding diaryl/α,β-unsaturated/α-hetero) is 1. The van der Waals surface area contributed by atoms with Crippen molar-refractivity contribution in [2.24, 2.45) is 11.8 Å². The molecule has 2 aliphatic carbocycles. The second kappa shape index (κ2) is 23.0. The van der Waals surface area contributed by atoms with Crippen molar-refractivity contribution in [3.05, 3.63) is 144 Å². The Hall–Kier alpha value is -5.80. The summed E-state index contributed by atoms with van der Waals surface area (Å²) in [6, 6.07) is 26.0. The average Bonchev–Trinajstić information content (AvgIpc) is 4.12. The van der Waals surface area contributed by atoms with Crippen LogP contribution in [0.15, 0.2) is 116 Å². The van der Waals surface area contributed by atoms with E-state index < -0.39 is 42.1 Å². The number of imide groups is 1. The van der Waals surface area contributed by atoms with E-state index in [0.717, 1.165) is 48.8 Å². The quantitative estimate of drug-likeness (QED) is 0.0680. The number of aliphatic hydroxyl groups is 1. The van der Waals surface area contributed by atoms with Crippen molar-refractivity contribution in [3.63, 3.8) is 0 Å². The largest absolute Gasteiger partial charge is 0.452 e. The molecular weight excluding hydrogens is 801 g/mol. The molecule has 14 heteroatoms. The van der Waals surface area contributed by atoms with Crippen molar-refractivity contribution in [1.29, 1.82) is 0 Å². The fourth-order valence-corrected chi connectivity index (χ4v) is 8.48. The van der Waals surface area contributed by atoms with Crippen molar-refractivity contribution in [1.82, 2.24) is 29.7 Å². The van der Waals surface area contributed by atoms with Crippen molar-refractivity contribution >= 4 is 23.6 Å². The number of aromatic nitrogens is 4. The fourth-order valence-electron chi connectivity index (χ4n) is 8.48. The minimum atomic E-state index is -1.50. The smallest absolute Gasteiger partial charge is 0.309 e. The van der Waals surface area contributed by atoms with Crippen molar-refractivity contribution in [3.8, 4) is 0 Å². The molecule has 332 valence electrons.